The van der Waals surface area contributed by atoms with Crippen molar-refractivity contribution in [1.82, 2.24) is 9.61 Å². The second-order valence-electron chi connectivity index (χ2n) is 6.61. The van der Waals surface area contributed by atoms with Gasteiger partial charge < -0.3 is 4.74 Å². The number of hydrogen-bond donors (Lipinski definition) is 0. The Labute approximate surface area is 162 Å². The first-order valence-corrected chi connectivity index (χ1v) is 9.36. The molecule has 0 saturated carbocycles. The second kappa shape index (κ2) is 7.64. The van der Waals surface area contributed by atoms with Crippen LogP contribution in [-0.2, 0) is 4.74 Å². The van der Waals surface area contributed by atoms with Crippen LogP contribution < -0.4 is 0 Å². The molecule has 5 heteroatoms. The number of nitrogens with zero attached hydrogens (tertiary/aromatic N) is 2. The van der Waals surface area contributed by atoms with Gasteiger partial charge in [0.1, 0.15) is 11.3 Å². The fourth-order valence-corrected chi connectivity index (χ4v) is 3.38. The summed E-state index contributed by atoms with van der Waals surface area (Å²) in [6.07, 6.45) is 2.31. The standard InChI is InChI=1S/C23H20N2O3/c1-2-3-13-28-23(27)21-19(15-26)24-25-20(16-9-5-4-6-10-16)14-17-11-7-8-12-18(17)22(21)25/h4-12,14-15H,2-3,13H2,1H3. The van der Waals surface area contributed by atoms with Gasteiger partial charge in [0.2, 0.25) is 0 Å². The van der Waals surface area contributed by atoms with Gasteiger partial charge in [0.05, 0.1) is 17.8 Å². The van der Waals surface area contributed by atoms with E-state index in [9.17, 15) is 9.59 Å². The third-order valence-electron chi connectivity index (χ3n) is 4.77. The molecule has 0 unspecified atom stereocenters. The number of fused-ring (bicyclic) bond motifs is 3. The lowest BCUT2D eigenvalue weighted by Crippen LogP contribution is -2.08. The predicted molar refractivity (Wildman–Crippen MR) is 109 cm³/mol. The number of carbonyl (C=O) groups excluding carboxylic acids is 2. The van der Waals surface area contributed by atoms with E-state index < -0.39 is 5.97 Å². The van der Waals surface area contributed by atoms with Gasteiger partial charge in [0, 0.05) is 10.9 Å². The lowest BCUT2D eigenvalue weighted by atomic mass is 10.0. The van der Waals surface area contributed by atoms with Crippen LogP contribution in [0, 0.1) is 0 Å². The Morgan fingerprint density at radius 1 is 1.11 bits per heavy atom. The normalized spacial score (nSPS) is 11.0. The summed E-state index contributed by atoms with van der Waals surface area (Å²) >= 11 is 0. The average Bonchev–Trinajstić information content (AvgIpc) is 3.14. The number of esters is 1. The van der Waals surface area contributed by atoms with E-state index in [1.165, 1.54) is 0 Å². The molecule has 2 aromatic carbocycles. The molecule has 0 N–H and O–H groups in total. The quantitative estimate of drug-likeness (QED) is 0.274. The summed E-state index contributed by atoms with van der Waals surface area (Å²) in [5.41, 5.74) is 2.67. The number of unbranched alkanes of at least 4 members (excludes halogenated alkanes) is 1. The molecule has 140 valence electrons. The predicted octanol–water partition coefficient (Wildman–Crippen LogP) is 4.92. The summed E-state index contributed by atoms with van der Waals surface area (Å²) in [4.78, 5) is 24.6. The van der Waals surface area contributed by atoms with Crippen molar-refractivity contribution in [3.63, 3.8) is 0 Å². The molecule has 2 aromatic heterocycles. The van der Waals surface area contributed by atoms with E-state index in [-0.39, 0.29) is 11.3 Å². The molecule has 0 amide bonds. The Bertz CT molecular complexity index is 1160. The molecule has 0 spiro atoms. The van der Waals surface area contributed by atoms with Gasteiger partial charge in [-0.1, -0.05) is 67.9 Å². The number of carbonyl (C=O) groups is 2. The SMILES string of the molecule is CCCCOC(=O)c1c(C=O)nn2c(-c3ccccc3)cc3ccccc3c12. The van der Waals surface area contributed by atoms with Gasteiger partial charge in [-0.2, -0.15) is 5.10 Å². The Hall–Kier alpha value is -3.47. The first-order chi connectivity index (χ1) is 13.7. The second-order valence-corrected chi connectivity index (χ2v) is 6.61. The van der Waals surface area contributed by atoms with E-state index in [2.05, 4.69) is 5.10 Å². The van der Waals surface area contributed by atoms with E-state index in [4.69, 9.17) is 4.74 Å². The zero-order valence-electron chi connectivity index (χ0n) is 15.6. The van der Waals surface area contributed by atoms with Crippen molar-refractivity contribution in [3.8, 4) is 11.3 Å². The van der Waals surface area contributed by atoms with E-state index in [0.717, 1.165) is 34.9 Å². The van der Waals surface area contributed by atoms with Gasteiger partial charge >= 0.3 is 5.97 Å². The van der Waals surface area contributed by atoms with Crippen LogP contribution in [0.5, 0.6) is 0 Å². The number of aromatic nitrogens is 2. The van der Waals surface area contributed by atoms with Crippen molar-refractivity contribution in [1.29, 1.82) is 0 Å². The summed E-state index contributed by atoms with van der Waals surface area (Å²) in [5.74, 6) is -0.513. The molecule has 4 rings (SSSR count). The number of rotatable bonds is 6. The van der Waals surface area contributed by atoms with Crippen molar-refractivity contribution in [2.45, 2.75) is 19.8 Å². The van der Waals surface area contributed by atoms with Crippen molar-refractivity contribution >= 4 is 28.5 Å². The molecular weight excluding hydrogens is 352 g/mol. The van der Waals surface area contributed by atoms with E-state index in [1.54, 1.807) is 4.52 Å². The fraction of sp³-hybridized carbons (Fsp3) is 0.174. The molecule has 2 heterocycles. The number of hydrogen-bond acceptors (Lipinski definition) is 4. The minimum Gasteiger partial charge on any atom is -0.462 e. The summed E-state index contributed by atoms with van der Waals surface area (Å²) in [6, 6.07) is 19.6. The molecule has 5 nitrogen and oxygen atoms in total. The van der Waals surface area contributed by atoms with Crippen molar-refractivity contribution in [2.75, 3.05) is 6.61 Å². The Morgan fingerprint density at radius 2 is 1.86 bits per heavy atom. The van der Waals surface area contributed by atoms with E-state index in [0.29, 0.717) is 18.4 Å². The van der Waals surface area contributed by atoms with Gasteiger partial charge in [-0.3, -0.25) is 4.79 Å². The van der Waals surface area contributed by atoms with E-state index >= 15 is 0 Å². The summed E-state index contributed by atoms with van der Waals surface area (Å²) < 4.78 is 7.10. The van der Waals surface area contributed by atoms with Gasteiger partial charge in [-0.25, -0.2) is 9.31 Å². The molecule has 0 aliphatic rings. The third-order valence-corrected chi connectivity index (χ3v) is 4.77. The minimum absolute atomic E-state index is 0.0926. The highest BCUT2D eigenvalue weighted by Crippen LogP contribution is 2.31. The molecule has 0 fully saturated rings. The first kappa shape index (κ1) is 17.9. The number of pyridine rings is 1. The highest BCUT2D eigenvalue weighted by molar-refractivity contribution is 6.12. The molecule has 0 saturated heterocycles. The van der Waals surface area contributed by atoms with Gasteiger partial charge in [0.25, 0.3) is 0 Å². The molecule has 28 heavy (non-hydrogen) atoms. The molecule has 4 aromatic rings. The van der Waals surface area contributed by atoms with Crippen LogP contribution in [0.3, 0.4) is 0 Å². The molecular formula is C23H20N2O3. The monoisotopic (exact) mass is 372 g/mol. The van der Waals surface area contributed by atoms with Crippen LogP contribution in [0.1, 0.15) is 40.6 Å². The van der Waals surface area contributed by atoms with Gasteiger partial charge in [-0.15, -0.1) is 0 Å². The zero-order chi connectivity index (χ0) is 19.5. The van der Waals surface area contributed by atoms with Crippen molar-refractivity contribution < 1.29 is 14.3 Å². The molecule has 0 atom stereocenters. The molecule has 0 aliphatic heterocycles. The number of benzene rings is 2. The van der Waals surface area contributed by atoms with Crippen molar-refractivity contribution in [2.24, 2.45) is 0 Å². The molecule has 0 radical (unpaired) electrons. The smallest absolute Gasteiger partial charge is 0.342 e. The maximum Gasteiger partial charge on any atom is 0.342 e. The zero-order valence-corrected chi connectivity index (χ0v) is 15.6. The van der Waals surface area contributed by atoms with Crippen LogP contribution in [-0.4, -0.2) is 28.5 Å². The highest BCUT2D eigenvalue weighted by atomic mass is 16.5. The number of aldehydes is 1. The van der Waals surface area contributed by atoms with Crippen LogP contribution >= 0.6 is 0 Å². The maximum atomic E-state index is 12.8. The van der Waals surface area contributed by atoms with Crippen LogP contribution in [0.2, 0.25) is 0 Å². The maximum absolute atomic E-state index is 12.8. The van der Waals surface area contributed by atoms with Crippen LogP contribution in [0.4, 0.5) is 0 Å². The van der Waals surface area contributed by atoms with Crippen LogP contribution in [0.15, 0.2) is 60.7 Å². The number of ether oxygens (including phenoxy) is 1. The Balaban J connectivity index is 2.03. The fourth-order valence-electron chi connectivity index (χ4n) is 3.38. The Morgan fingerprint density at radius 3 is 2.61 bits per heavy atom. The van der Waals surface area contributed by atoms with Crippen molar-refractivity contribution in [3.05, 3.63) is 71.9 Å². The Kier molecular flexibility index (Phi) is 4.89. The average molecular weight is 372 g/mol. The van der Waals surface area contributed by atoms with E-state index in [1.807, 2.05) is 67.6 Å². The lowest BCUT2D eigenvalue weighted by Gasteiger charge is -2.10. The lowest BCUT2D eigenvalue weighted by molar-refractivity contribution is 0.0500. The topological polar surface area (TPSA) is 60.7 Å². The first-order valence-electron chi connectivity index (χ1n) is 9.36. The summed E-state index contributed by atoms with van der Waals surface area (Å²) in [7, 11) is 0. The summed E-state index contributed by atoms with van der Waals surface area (Å²) in [5, 5.41) is 6.27. The third kappa shape index (κ3) is 3.05. The molecule has 0 bridgehead atoms. The minimum atomic E-state index is -0.513. The van der Waals surface area contributed by atoms with Crippen LogP contribution in [0.25, 0.3) is 27.5 Å². The largest absolute Gasteiger partial charge is 0.462 e. The van der Waals surface area contributed by atoms with Gasteiger partial charge in [0.15, 0.2) is 6.29 Å². The van der Waals surface area contributed by atoms with Gasteiger partial charge in [-0.05, 0) is 17.9 Å². The summed E-state index contributed by atoms with van der Waals surface area (Å²) in [6.45, 7) is 2.35. The highest BCUT2D eigenvalue weighted by Gasteiger charge is 2.24. The molecule has 0 aliphatic carbocycles.